The molecule has 0 saturated carbocycles. The van der Waals surface area contributed by atoms with Gasteiger partial charge in [-0.2, -0.15) is 0 Å². The van der Waals surface area contributed by atoms with E-state index in [1.165, 1.54) is 22.2 Å². The Morgan fingerprint density at radius 3 is 2.64 bits per heavy atom. The van der Waals surface area contributed by atoms with Gasteiger partial charge in [-0.05, 0) is 42.8 Å². The monoisotopic (exact) mass is 478 g/mol. The third-order valence-corrected chi connectivity index (χ3v) is 7.53. The zero-order valence-corrected chi connectivity index (χ0v) is 19.5. The Kier molecular flexibility index (Phi) is 6.06. The van der Waals surface area contributed by atoms with Crippen LogP contribution in [0.1, 0.15) is 29.6 Å². The van der Waals surface area contributed by atoms with Crippen LogP contribution < -0.4 is 10.9 Å². The van der Waals surface area contributed by atoms with Crippen molar-refractivity contribution in [2.45, 2.75) is 25.8 Å². The number of thiophene rings is 2. The number of benzene rings is 1. The molecule has 33 heavy (non-hydrogen) atoms. The number of amides is 2. The van der Waals surface area contributed by atoms with E-state index in [0.29, 0.717) is 21.5 Å². The van der Waals surface area contributed by atoms with Crippen molar-refractivity contribution in [2.24, 2.45) is 0 Å². The van der Waals surface area contributed by atoms with Crippen molar-refractivity contribution in [3.8, 4) is 10.4 Å². The van der Waals surface area contributed by atoms with Gasteiger partial charge in [-0.25, -0.2) is 4.98 Å². The molecule has 0 unspecified atom stereocenters. The summed E-state index contributed by atoms with van der Waals surface area (Å²) in [7, 11) is 0. The fourth-order valence-corrected chi connectivity index (χ4v) is 5.80. The van der Waals surface area contributed by atoms with Crippen LogP contribution in [0.3, 0.4) is 0 Å². The third-order valence-electron chi connectivity index (χ3n) is 5.74. The number of nitrogens with one attached hydrogen (secondary N) is 1. The van der Waals surface area contributed by atoms with Gasteiger partial charge in [0.1, 0.15) is 11.4 Å². The van der Waals surface area contributed by atoms with Gasteiger partial charge in [0.15, 0.2) is 0 Å². The highest BCUT2D eigenvalue weighted by Crippen LogP contribution is 2.33. The molecule has 1 saturated heterocycles. The van der Waals surface area contributed by atoms with Gasteiger partial charge in [0.25, 0.3) is 11.5 Å². The molecule has 3 aromatic heterocycles. The number of para-hydroxylation sites is 1. The molecule has 0 aliphatic carbocycles. The Morgan fingerprint density at radius 1 is 1.03 bits per heavy atom. The molecule has 5 rings (SSSR count). The molecule has 4 heterocycles. The zero-order chi connectivity index (χ0) is 22.8. The summed E-state index contributed by atoms with van der Waals surface area (Å²) in [4.78, 5) is 46.9. The van der Waals surface area contributed by atoms with Gasteiger partial charge in [-0.3, -0.25) is 19.0 Å². The largest absolute Gasteiger partial charge is 0.339 e. The fourth-order valence-electron chi connectivity index (χ4n) is 4.08. The summed E-state index contributed by atoms with van der Waals surface area (Å²) in [6, 6.07) is 10.9. The van der Waals surface area contributed by atoms with Gasteiger partial charge in [0, 0.05) is 28.9 Å². The summed E-state index contributed by atoms with van der Waals surface area (Å²) in [5.41, 5.74) is 1.51. The lowest BCUT2D eigenvalue weighted by Gasteiger charge is -2.27. The molecule has 2 amide bonds. The highest BCUT2D eigenvalue weighted by atomic mass is 32.1. The Bertz CT molecular complexity index is 1370. The lowest BCUT2D eigenvalue weighted by molar-refractivity contribution is -0.116. The average Bonchev–Trinajstić information content (AvgIpc) is 3.51. The molecule has 0 atom stereocenters. The van der Waals surface area contributed by atoms with Crippen molar-refractivity contribution in [2.75, 3.05) is 18.4 Å². The van der Waals surface area contributed by atoms with E-state index in [4.69, 9.17) is 0 Å². The predicted molar refractivity (Wildman–Crippen MR) is 132 cm³/mol. The van der Waals surface area contributed by atoms with Crippen molar-refractivity contribution in [3.05, 3.63) is 69.4 Å². The zero-order valence-electron chi connectivity index (χ0n) is 17.8. The van der Waals surface area contributed by atoms with Crippen molar-refractivity contribution in [1.29, 1.82) is 0 Å². The number of piperidine rings is 1. The molecule has 0 radical (unpaired) electrons. The number of rotatable bonds is 5. The van der Waals surface area contributed by atoms with E-state index in [1.54, 1.807) is 35.6 Å². The first-order valence-corrected chi connectivity index (χ1v) is 12.6. The second-order valence-electron chi connectivity index (χ2n) is 7.93. The molecule has 0 spiro atoms. The van der Waals surface area contributed by atoms with Gasteiger partial charge in [-0.15, -0.1) is 22.7 Å². The van der Waals surface area contributed by atoms with E-state index in [0.717, 1.165) is 42.8 Å². The Balaban J connectivity index is 1.38. The number of carbonyl (C=O) groups excluding carboxylic acids is 2. The Hall–Kier alpha value is -3.30. The minimum atomic E-state index is -0.384. The number of anilines is 1. The highest BCUT2D eigenvalue weighted by Gasteiger charge is 2.22. The maximum Gasteiger partial charge on any atom is 0.263 e. The van der Waals surface area contributed by atoms with Gasteiger partial charge in [-0.1, -0.05) is 18.2 Å². The van der Waals surface area contributed by atoms with Crippen LogP contribution >= 0.6 is 22.7 Å². The predicted octanol–water partition coefficient (Wildman–Crippen LogP) is 4.45. The molecule has 168 valence electrons. The maximum absolute atomic E-state index is 13.2. The third kappa shape index (κ3) is 4.34. The van der Waals surface area contributed by atoms with Crippen molar-refractivity contribution in [3.63, 3.8) is 0 Å². The molecular formula is C24H22N4O3S2. The quantitative estimate of drug-likeness (QED) is 0.459. The van der Waals surface area contributed by atoms with Gasteiger partial charge >= 0.3 is 0 Å². The number of carbonyl (C=O) groups is 2. The topological polar surface area (TPSA) is 84.3 Å². The Morgan fingerprint density at radius 2 is 1.85 bits per heavy atom. The minimum absolute atomic E-state index is 0.0790. The molecule has 7 nitrogen and oxygen atoms in total. The summed E-state index contributed by atoms with van der Waals surface area (Å²) < 4.78 is 1.32. The smallest absolute Gasteiger partial charge is 0.263 e. The van der Waals surface area contributed by atoms with E-state index in [1.807, 2.05) is 27.8 Å². The standard InChI is InChI=1S/C24H22N4O3S2/c29-20(26-18-8-3-2-7-16(18)23(30)27-10-4-1-5-11-27)13-28-15-25-22-21(24(28)31)17(14-33-22)19-9-6-12-32-19/h2-3,6-9,12,14-15H,1,4-5,10-11,13H2,(H,26,29). The van der Waals surface area contributed by atoms with Crippen LogP contribution in [0.2, 0.25) is 0 Å². The van der Waals surface area contributed by atoms with Crippen LogP contribution in [0, 0.1) is 0 Å². The van der Waals surface area contributed by atoms with Crippen molar-refractivity contribution >= 4 is 50.4 Å². The van der Waals surface area contributed by atoms with Crippen LogP contribution in [0.25, 0.3) is 20.7 Å². The molecule has 1 fully saturated rings. The lowest BCUT2D eigenvalue weighted by Crippen LogP contribution is -2.36. The van der Waals surface area contributed by atoms with E-state index in [9.17, 15) is 14.4 Å². The summed E-state index contributed by atoms with van der Waals surface area (Å²) in [5.74, 6) is -0.463. The number of likely N-dealkylation sites (tertiary alicyclic amines) is 1. The first-order chi connectivity index (χ1) is 16.1. The molecule has 9 heteroatoms. The highest BCUT2D eigenvalue weighted by molar-refractivity contribution is 7.18. The summed E-state index contributed by atoms with van der Waals surface area (Å²) in [6.45, 7) is 1.28. The second kappa shape index (κ2) is 9.29. The van der Waals surface area contributed by atoms with Crippen LogP contribution in [0.5, 0.6) is 0 Å². The first kappa shape index (κ1) is 21.5. The van der Waals surface area contributed by atoms with Gasteiger partial charge in [0.05, 0.1) is 23.0 Å². The lowest BCUT2D eigenvalue weighted by atomic mass is 10.1. The number of hydrogen-bond acceptors (Lipinski definition) is 6. The SMILES string of the molecule is O=C(Cn1cnc2scc(-c3cccs3)c2c1=O)Nc1ccccc1C(=O)N1CCCCC1. The van der Waals surface area contributed by atoms with Gasteiger partial charge < -0.3 is 10.2 Å². The van der Waals surface area contributed by atoms with E-state index in [2.05, 4.69) is 10.3 Å². The molecule has 4 aromatic rings. The van der Waals surface area contributed by atoms with Crippen molar-refractivity contribution < 1.29 is 9.59 Å². The molecule has 1 N–H and O–H groups in total. The summed E-state index contributed by atoms with van der Waals surface area (Å²) in [5, 5.41) is 7.24. The number of fused-ring (bicyclic) bond motifs is 1. The molecule has 1 aromatic carbocycles. The van der Waals surface area contributed by atoms with Crippen LogP contribution in [-0.4, -0.2) is 39.4 Å². The second-order valence-corrected chi connectivity index (χ2v) is 9.74. The molecule has 1 aliphatic heterocycles. The van der Waals surface area contributed by atoms with E-state index >= 15 is 0 Å². The normalized spacial score (nSPS) is 13.9. The average molecular weight is 479 g/mol. The number of nitrogens with zero attached hydrogens (tertiary/aromatic N) is 3. The fraction of sp³-hybridized carbons (Fsp3) is 0.250. The van der Waals surface area contributed by atoms with Gasteiger partial charge in [0.2, 0.25) is 5.91 Å². The number of hydrogen-bond donors (Lipinski definition) is 1. The van der Waals surface area contributed by atoms with Crippen LogP contribution in [-0.2, 0) is 11.3 Å². The molecule has 1 aliphatic rings. The summed E-state index contributed by atoms with van der Waals surface area (Å²) in [6.07, 6.45) is 4.53. The maximum atomic E-state index is 13.2. The van der Waals surface area contributed by atoms with Crippen LogP contribution in [0.4, 0.5) is 5.69 Å². The molecule has 0 bridgehead atoms. The van der Waals surface area contributed by atoms with Crippen molar-refractivity contribution in [1.82, 2.24) is 14.5 Å². The Labute approximate surface area is 198 Å². The number of aromatic nitrogens is 2. The molecular weight excluding hydrogens is 456 g/mol. The first-order valence-electron chi connectivity index (χ1n) is 10.8. The minimum Gasteiger partial charge on any atom is -0.339 e. The van der Waals surface area contributed by atoms with E-state index < -0.39 is 0 Å². The summed E-state index contributed by atoms with van der Waals surface area (Å²) >= 11 is 2.97. The van der Waals surface area contributed by atoms with E-state index in [-0.39, 0.29) is 23.9 Å². The van der Waals surface area contributed by atoms with Crippen LogP contribution in [0.15, 0.2) is 58.3 Å².